The van der Waals surface area contributed by atoms with Crippen molar-refractivity contribution >= 4 is 21.6 Å². The van der Waals surface area contributed by atoms with Gasteiger partial charge in [0.15, 0.2) is 0 Å². The minimum atomic E-state index is 0.241. The molecule has 2 atom stereocenters. The fourth-order valence-corrected chi connectivity index (χ4v) is 5.37. The first-order valence-electron chi connectivity index (χ1n) is 10.9. The van der Waals surface area contributed by atoms with Crippen LogP contribution in [0.5, 0.6) is 11.5 Å². The van der Waals surface area contributed by atoms with Crippen LogP contribution in [-0.2, 0) is 0 Å². The van der Waals surface area contributed by atoms with E-state index in [0.717, 1.165) is 74.7 Å². The van der Waals surface area contributed by atoms with Gasteiger partial charge in [0.05, 0.1) is 13.2 Å². The smallest absolute Gasteiger partial charge is 0.119 e. The third kappa shape index (κ3) is 12.4. The van der Waals surface area contributed by atoms with Crippen LogP contribution >= 0.6 is 21.6 Å². The molecule has 30 heavy (non-hydrogen) atoms. The Kier molecular flexibility index (Phi) is 13.6. The number of benzene rings is 2. The normalized spacial score (nSPS) is 13.0. The van der Waals surface area contributed by atoms with Gasteiger partial charge in [-0.2, -0.15) is 0 Å². The summed E-state index contributed by atoms with van der Waals surface area (Å²) in [6.45, 7) is 1.51. The lowest BCUT2D eigenvalue weighted by atomic mass is 10.1. The van der Waals surface area contributed by atoms with Crippen LogP contribution in [0.15, 0.2) is 60.7 Å². The fourth-order valence-electron chi connectivity index (χ4n) is 2.87. The van der Waals surface area contributed by atoms with Gasteiger partial charge in [0, 0.05) is 23.6 Å². The molecule has 4 nitrogen and oxygen atoms in total. The van der Waals surface area contributed by atoms with E-state index in [2.05, 4.69) is 0 Å². The summed E-state index contributed by atoms with van der Waals surface area (Å²) >= 11 is 0. The Hall–Kier alpha value is -1.34. The lowest BCUT2D eigenvalue weighted by Crippen LogP contribution is -2.24. The van der Waals surface area contributed by atoms with Crippen molar-refractivity contribution in [2.24, 2.45) is 11.5 Å². The van der Waals surface area contributed by atoms with Gasteiger partial charge in [-0.3, -0.25) is 0 Å². The molecule has 0 fully saturated rings. The number of unbranched alkanes of at least 4 members (excludes halogenated alkanes) is 2. The van der Waals surface area contributed by atoms with Crippen LogP contribution in [0, 0.1) is 0 Å². The first-order valence-corrected chi connectivity index (χ1v) is 13.3. The van der Waals surface area contributed by atoms with Crippen LogP contribution in [0.25, 0.3) is 0 Å². The Morgan fingerprint density at radius 2 is 1.00 bits per heavy atom. The Balaban J connectivity index is 1.36. The molecule has 4 N–H and O–H groups in total. The molecular formula is C24H36N2O2S2. The lowest BCUT2D eigenvalue weighted by molar-refractivity contribution is 0.303. The Labute approximate surface area is 189 Å². The highest BCUT2D eigenvalue weighted by molar-refractivity contribution is 8.76. The zero-order chi connectivity index (χ0) is 21.3. The van der Waals surface area contributed by atoms with E-state index in [9.17, 15) is 0 Å². The van der Waals surface area contributed by atoms with Gasteiger partial charge in [0.2, 0.25) is 0 Å². The number of para-hydroxylation sites is 2. The second-order valence-corrected chi connectivity index (χ2v) is 9.96. The topological polar surface area (TPSA) is 70.5 Å². The van der Waals surface area contributed by atoms with E-state index >= 15 is 0 Å². The van der Waals surface area contributed by atoms with E-state index in [-0.39, 0.29) is 12.1 Å². The van der Waals surface area contributed by atoms with Crippen LogP contribution in [-0.4, -0.2) is 36.8 Å². The predicted octanol–water partition coefficient (Wildman–Crippen LogP) is 5.52. The summed E-state index contributed by atoms with van der Waals surface area (Å²) in [5, 5.41) is 0. The maximum atomic E-state index is 6.23. The minimum absolute atomic E-state index is 0.241. The summed E-state index contributed by atoms with van der Waals surface area (Å²) in [5.41, 5.74) is 12.5. The highest BCUT2D eigenvalue weighted by Crippen LogP contribution is 2.24. The average molecular weight is 449 g/mol. The quantitative estimate of drug-likeness (QED) is 0.245. The van der Waals surface area contributed by atoms with E-state index < -0.39 is 0 Å². The molecule has 0 heterocycles. The standard InChI is InChI=1S/C24H36N2O2S2/c25-21(11-7-9-17-27-23-13-3-1-4-14-23)19-29-30-20-22(26)12-8-10-18-28-24-15-5-2-6-16-24/h1-6,13-16,21-22H,7-12,17-20,25-26H2. The molecule has 2 unspecified atom stereocenters. The Morgan fingerprint density at radius 1 is 0.600 bits per heavy atom. The molecule has 0 saturated carbocycles. The highest BCUT2D eigenvalue weighted by atomic mass is 33.1. The van der Waals surface area contributed by atoms with E-state index in [1.165, 1.54) is 0 Å². The molecule has 2 aromatic carbocycles. The molecule has 0 aliphatic carbocycles. The molecule has 0 amide bonds. The largest absolute Gasteiger partial charge is 0.494 e. The van der Waals surface area contributed by atoms with E-state index in [0.29, 0.717) is 0 Å². The van der Waals surface area contributed by atoms with Crippen molar-refractivity contribution in [3.05, 3.63) is 60.7 Å². The molecule has 0 aromatic heterocycles. The molecule has 0 radical (unpaired) electrons. The van der Waals surface area contributed by atoms with Gasteiger partial charge in [0.25, 0.3) is 0 Å². The summed E-state index contributed by atoms with van der Waals surface area (Å²) in [5.74, 6) is 3.83. The third-order valence-electron chi connectivity index (χ3n) is 4.61. The molecule has 2 rings (SSSR count). The molecular weight excluding hydrogens is 412 g/mol. The zero-order valence-electron chi connectivity index (χ0n) is 17.8. The van der Waals surface area contributed by atoms with Crippen LogP contribution < -0.4 is 20.9 Å². The molecule has 0 bridgehead atoms. The van der Waals surface area contributed by atoms with E-state index in [1.54, 1.807) is 0 Å². The van der Waals surface area contributed by atoms with Crippen LogP contribution in [0.4, 0.5) is 0 Å². The van der Waals surface area contributed by atoms with Gasteiger partial charge in [-0.05, 0) is 62.8 Å². The molecule has 2 aromatic rings. The lowest BCUT2D eigenvalue weighted by Gasteiger charge is -2.13. The maximum absolute atomic E-state index is 6.23. The number of nitrogens with two attached hydrogens (primary N) is 2. The fraction of sp³-hybridized carbons (Fsp3) is 0.500. The molecule has 6 heteroatoms. The van der Waals surface area contributed by atoms with Crippen molar-refractivity contribution in [2.75, 3.05) is 24.7 Å². The van der Waals surface area contributed by atoms with Gasteiger partial charge in [-0.1, -0.05) is 58.0 Å². The molecule has 0 saturated heterocycles. The van der Waals surface area contributed by atoms with Crippen molar-refractivity contribution in [2.45, 2.75) is 50.6 Å². The third-order valence-corrected chi connectivity index (χ3v) is 7.22. The van der Waals surface area contributed by atoms with Crippen LogP contribution in [0.3, 0.4) is 0 Å². The van der Waals surface area contributed by atoms with E-state index in [1.807, 2.05) is 82.3 Å². The summed E-state index contributed by atoms with van der Waals surface area (Å²) in [7, 11) is 3.69. The molecule has 166 valence electrons. The Morgan fingerprint density at radius 3 is 1.40 bits per heavy atom. The van der Waals surface area contributed by atoms with Crippen LogP contribution in [0.2, 0.25) is 0 Å². The average Bonchev–Trinajstić information content (AvgIpc) is 2.78. The SMILES string of the molecule is NC(CCCCOc1ccccc1)CSSCC(N)CCCCOc1ccccc1. The predicted molar refractivity (Wildman–Crippen MR) is 132 cm³/mol. The first-order chi connectivity index (χ1) is 14.7. The summed E-state index contributed by atoms with van der Waals surface area (Å²) < 4.78 is 11.4. The number of hydrogen-bond acceptors (Lipinski definition) is 6. The Bertz CT molecular complexity index is 589. The first kappa shape index (κ1) is 24.9. The molecule has 0 aliphatic heterocycles. The van der Waals surface area contributed by atoms with Crippen LogP contribution in [0.1, 0.15) is 38.5 Å². The second kappa shape index (κ2) is 16.4. The van der Waals surface area contributed by atoms with Crippen molar-refractivity contribution < 1.29 is 9.47 Å². The highest BCUT2D eigenvalue weighted by Gasteiger charge is 2.06. The molecule has 0 spiro atoms. The molecule has 0 aliphatic rings. The number of ether oxygens (including phenoxy) is 2. The summed E-state index contributed by atoms with van der Waals surface area (Å²) in [6.07, 6.45) is 6.37. The number of hydrogen-bond donors (Lipinski definition) is 2. The van der Waals surface area contributed by atoms with Gasteiger partial charge >= 0.3 is 0 Å². The van der Waals surface area contributed by atoms with E-state index in [4.69, 9.17) is 20.9 Å². The van der Waals surface area contributed by atoms with Gasteiger partial charge in [-0.25, -0.2) is 0 Å². The van der Waals surface area contributed by atoms with Crippen molar-refractivity contribution in [1.29, 1.82) is 0 Å². The zero-order valence-corrected chi connectivity index (χ0v) is 19.4. The maximum Gasteiger partial charge on any atom is 0.119 e. The van der Waals surface area contributed by atoms with Crippen molar-refractivity contribution in [3.8, 4) is 11.5 Å². The van der Waals surface area contributed by atoms with Crippen molar-refractivity contribution in [1.82, 2.24) is 0 Å². The van der Waals surface area contributed by atoms with Gasteiger partial charge in [-0.15, -0.1) is 0 Å². The van der Waals surface area contributed by atoms with Gasteiger partial charge < -0.3 is 20.9 Å². The van der Waals surface area contributed by atoms with Gasteiger partial charge in [0.1, 0.15) is 11.5 Å². The monoisotopic (exact) mass is 448 g/mol. The second-order valence-electron chi connectivity index (χ2n) is 7.40. The van der Waals surface area contributed by atoms with Crippen molar-refractivity contribution in [3.63, 3.8) is 0 Å². The minimum Gasteiger partial charge on any atom is -0.494 e. The summed E-state index contributed by atoms with van der Waals surface area (Å²) in [4.78, 5) is 0. The summed E-state index contributed by atoms with van der Waals surface area (Å²) in [6, 6.07) is 20.4. The number of rotatable bonds is 17.